The molecule has 4 heterocycles. The van der Waals surface area contributed by atoms with Gasteiger partial charge >= 0.3 is 0 Å². The zero-order valence-electron chi connectivity index (χ0n) is 13.8. The fourth-order valence-corrected chi connectivity index (χ4v) is 2.85. The van der Waals surface area contributed by atoms with E-state index in [2.05, 4.69) is 31.0 Å². The summed E-state index contributed by atoms with van der Waals surface area (Å²) in [6, 6.07) is 5.55. The zero-order valence-corrected chi connectivity index (χ0v) is 13.8. The van der Waals surface area contributed by atoms with Gasteiger partial charge in [-0.05, 0) is 41.3 Å². The number of rotatable bonds is 4. The lowest BCUT2D eigenvalue weighted by atomic mass is 10.1. The Bertz CT molecular complexity index is 992. The van der Waals surface area contributed by atoms with Gasteiger partial charge in [0.2, 0.25) is 0 Å². The number of hydrogen-bond donors (Lipinski definition) is 2. The van der Waals surface area contributed by atoms with Crippen molar-refractivity contribution in [3.63, 3.8) is 0 Å². The molecule has 0 spiro atoms. The quantitative estimate of drug-likeness (QED) is 0.600. The summed E-state index contributed by atoms with van der Waals surface area (Å²) in [5, 5.41) is 1.14. The molecule has 0 aliphatic carbocycles. The smallest absolute Gasteiger partial charge is 0.149 e. The van der Waals surface area contributed by atoms with E-state index in [1.165, 1.54) is 5.56 Å². The summed E-state index contributed by atoms with van der Waals surface area (Å²) in [6.45, 7) is 2.04. The highest BCUT2D eigenvalue weighted by atomic mass is 14.9. The minimum atomic E-state index is -0.373. The molecule has 25 heavy (non-hydrogen) atoms. The Morgan fingerprint density at radius 1 is 1.12 bits per heavy atom. The first-order chi connectivity index (χ1) is 12.2. The van der Waals surface area contributed by atoms with Crippen LogP contribution in [-0.4, -0.2) is 24.9 Å². The number of aromatic amines is 1. The average molecular weight is 330 g/mol. The van der Waals surface area contributed by atoms with Gasteiger partial charge in [0.1, 0.15) is 11.5 Å². The van der Waals surface area contributed by atoms with Crippen LogP contribution in [-0.2, 0) is 6.42 Å². The highest BCUT2D eigenvalue weighted by Crippen LogP contribution is 2.21. The monoisotopic (exact) mass is 330 g/mol. The van der Waals surface area contributed by atoms with Crippen LogP contribution in [0.1, 0.15) is 34.1 Å². The summed E-state index contributed by atoms with van der Waals surface area (Å²) in [5.74, 6) is 0.591. The summed E-state index contributed by atoms with van der Waals surface area (Å²) in [5.41, 5.74) is 11.4. The van der Waals surface area contributed by atoms with Crippen molar-refractivity contribution in [2.45, 2.75) is 19.4 Å². The van der Waals surface area contributed by atoms with E-state index < -0.39 is 0 Å². The molecular weight excluding hydrogens is 312 g/mol. The Morgan fingerprint density at radius 3 is 2.72 bits per heavy atom. The van der Waals surface area contributed by atoms with E-state index >= 15 is 0 Å². The number of hydrogen-bond acceptors (Lipinski definition) is 5. The number of aryl methyl sites for hydroxylation is 1. The molecule has 6 heteroatoms. The number of pyridine rings is 2. The highest BCUT2D eigenvalue weighted by molar-refractivity contribution is 5.80. The molecule has 0 fully saturated rings. The van der Waals surface area contributed by atoms with Crippen molar-refractivity contribution in [3.8, 4) is 0 Å². The Morgan fingerprint density at radius 2 is 1.96 bits per heavy atom. The van der Waals surface area contributed by atoms with Crippen molar-refractivity contribution in [1.29, 1.82) is 0 Å². The Hall–Kier alpha value is -3.12. The molecule has 0 aliphatic rings. The maximum atomic E-state index is 6.22. The van der Waals surface area contributed by atoms with E-state index in [1.54, 1.807) is 12.4 Å². The topological polar surface area (TPSA) is 93.4 Å². The van der Waals surface area contributed by atoms with Crippen molar-refractivity contribution in [1.82, 2.24) is 24.9 Å². The van der Waals surface area contributed by atoms with Gasteiger partial charge in [0.25, 0.3) is 0 Å². The minimum Gasteiger partial charge on any atom is -0.346 e. The fourth-order valence-electron chi connectivity index (χ4n) is 2.85. The van der Waals surface area contributed by atoms with Crippen LogP contribution in [0.2, 0.25) is 0 Å². The number of H-pyrrole nitrogens is 1. The third-order valence-corrected chi connectivity index (χ3v) is 4.20. The lowest BCUT2D eigenvalue weighted by Gasteiger charge is -2.10. The van der Waals surface area contributed by atoms with Crippen molar-refractivity contribution < 1.29 is 0 Å². The van der Waals surface area contributed by atoms with E-state index in [-0.39, 0.29) is 6.04 Å². The summed E-state index contributed by atoms with van der Waals surface area (Å²) in [7, 11) is 0. The van der Waals surface area contributed by atoms with Crippen LogP contribution in [0.3, 0.4) is 0 Å². The molecule has 4 aromatic rings. The van der Waals surface area contributed by atoms with Gasteiger partial charge in [0, 0.05) is 49.0 Å². The molecule has 1 atom stereocenters. The third kappa shape index (κ3) is 3.12. The molecule has 4 aromatic heterocycles. The van der Waals surface area contributed by atoms with Gasteiger partial charge in [-0.2, -0.15) is 0 Å². The van der Waals surface area contributed by atoms with Crippen LogP contribution >= 0.6 is 0 Å². The van der Waals surface area contributed by atoms with Crippen LogP contribution < -0.4 is 5.73 Å². The van der Waals surface area contributed by atoms with Gasteiger partial charge in [-0.3, -0.25) is 4.98 Å². The van der Waals surface area contributed by atoms with Crippen molar-refractivity contribution in [3.05, 3.63) is 83.5 Å². The Kier molecular flexibility index (Phi) is 3.95. The molecule has 0 bridgehead atoms. The fraction of sp³-hybridized carbons (Fsp3) is 0.158. The van der Waals surface area contributed by atoms with Crippen LogP contribution in [0.4, 0.5) is 0 Å². The third-order valence-electron chi connectivity index (χ3n) is 4.20. The van der Waals surface area contributed by atoms with Gasteiger partial charge in [0.05, 0.1) is 6.04 Å². The van der Waals surface area contributed by atoms with Gasteiger partial charge in [0.15, 0.2) is 0 Å². The normalized spacial score (nSPS) is 12.4. The molecule has 0 saturated heterocycles. The molecule has 1 unspecified atom stereocenters. The van der Waals surface area contributed by atoms with Crippen molar-refractivity contribution >= 4 is 11.0 Å². The van der Waals surface area contributed by atoms with E-state index in [0.717, 1.165) is 34.1 Å². The molecule has 6 nitrogen and oxygen atoms in total. The van der Waals surface area contributed by atoms with Crippen LogP contribution in [0, 0.1) is 6.92 Å². The van der Waals surface area contributed by atoms with Crippen LogP contribution in [0.25, 0.3) is 11.0 Å². The summed E-state index contributed by atoms with van der Waals surface area (Å²) >= 11 is 0. The standard InChI is InChI=1S/C19H18N6/c1-12-5-16-15(11-25-18(16)22-7-12)6-13-8-23-19(24-9-13)17(20)14-3-2-4-21-10-14/h2-5,7-11,17H,6,20H2,1H3,(H,22,25). The molecule has 0 radical (unpaired) electrons. The van der Waals surface area contributed by atoms with Gasteiger partial charge in [-0.1, -0.05) is 6.07 Å². The second kappa shape index (κ2) is 6.41. The number of nitrogens with one attached hydrogen (secondary N) is 1. The van der Waals surface area contributed by atoms with Gasteiger partial charge in [-0.15, -0.1) is 0 Å². The van der Waals surface area contributed by atoms with Crippen LogP contribution in [0.15, 0.2) is 55.4 Å². The maximum Gasteiger partial charge on any atom is 0.149 e. The highest BCUT2D eigenvalue weighted by Gasteiger charge is 2.12. The lowest BCUT2D eigenvalue weighted by molar-refractivity contribution is 0.771. The molecule has 0 saturated carbocycles. The molecule has 0 aliphatic heterocycles. The van der Waals surface area contributed by atoms with E-state index in [1.807, 2.05) is 43.8 Å². The van der Waals surface area contributed by atoms with E-state index in [4.69, 9.17) is 5.73 Å². The predicted octanol–water partition coefficient (Wildman–Crippen LogP) is 2.70. The molecule has 0 amide bonds. The second-order valence-corrected chi connectivity index (χ2v) is 6.11. The Balaban J connectivity index is 1.57. The van der Waals surface area contributed by atoms with Gasteiger partial charge in [-0.25, -0.2) is 15.0 Å². The van der Waals surface area contributed by atoms with E-state index in [9.17, 15) is 0 Å². The predicted molar refractivity (Wildman–Crippen MR) is 95.9 cm³/mol. The lowest BCUT2D eigenvalue weighted by Crippen LogP contribution is -2.15. The second-order valence-electron chi connectivity index (χ2n) is 6.11. The minimum absolute atomic E-state index is 0.373. The van der Waals surface area contributed by atoms with Crippen molar-refractivity contribution in [2.75, 3.05) is 0 Å². The number of nitrogens with zero attached hydrogens (tertiary/aromatic N) is 4. The number of aromatic nitrogens is 5. The maximum absolute atomic E-state index is 6.22. The van der Waals surface area contributed by atoms with E-state index in [0.29, 0.717) is 5.82 Å². The molecule has 0 aromatic carbocycles. The van der Waals surface area contributed by atoms with Crippen molar-refractivity contribution in [2.24, 2.45) is 5.73 Å². The average Bonchev–Trinajstić information content (AvgIpc) is 3.04. The molecule has 3 N–H and O–H groups in total. The van der Waals surface area contributed by atoms with Crippen LogP contribution in [0.5, 0.6) is 0 Å². The zero-order chi connectivity index (χ0) is 17.2. The molecular formula is C19H18N6. The first-order valence-electron chi connectivity index (χ1n) is 8.09. The largest absolute Gasteiger partial charge is 0.346 e. The first kappa shape index (κ1) is 15.4. The number of nitrogens with two attached hydrogens (primary N) is 1. The summed E-state index contributed by atoms with van der Waals surface area (Å²) in [4.78, 5) is 20.6. The summed E-state index contributed by atoms with van der Waals surface area (Å²) < 4.78 is 0. The first-order valence-corrected chi connectivity index (χ1v) is 8.09. The molecule has 124 valence electrons. The van der Waals surface area contributed by atoms with Gasteiger partial charge < -0.3 is 10.7 Å². The molecule has 4 rings (SSSR count). The number of fused-ring (bicyclic) bond motifs is 1. The Labute approximate surface area is 145 Å². The SMILES string of the molecule is Cc1cnc2[nH]cc(Cc3cnc(C(N)c4cccnc4)nc3)c2c1. The summed E-state index contributed by atoms with van der Waals surface area (Å²) in [6.07, 6.45) is 11.7.